The van der Waals surface area contributed by atoms with E-state index in [-0.39, 0.29) is 5.91 Å². The van der Waals surface area contributed by atoms with Crippen LogP contribution in [0.4, 0.5) is 5.69 Å². The molecule has 8 nitrogen and oxygen atoms in total. The predicted octanol–water partition coefficient (Wildman–Crippen LogP) is 1.58. The van der Waals surface area contributed by atoms with Crippen LogP contribution < -0.4 is 5.32 Å². The number of benzene rings is 1. The summed E-state index contributed by atoms with van der Waals surface area (Å²) in [7, 11) is 0. The minimum Gasteiger partial charge on any atom is -0.321 e. The first-order valence-corrected chi connectivity index (χ1v) is 7.27. The number of anilines is 1. The maximum absolute atomic E-state index is 12.4. The van der Waals surface area contributed by atoms with E-state index >= 15 is 0 Å². The van der Waals surface area contributed by atoms with Crippen molar-refractivity contribution in [2.75, 3.05) is 5.32 Å². The summed E-state index contributed by atoms with van der Waals surface area (Å²) in [5.41, 5.74) is 1.78. The van der Waals surface area contributed by atoms with Gasteiger partial charge in [-0.25, -0.2) is 14.6 Å². The average Bonchev–Trinajstić information content (AvgIpc) is 3.29. The second kappa shape index (κ2) is 5.56. The third-order valence-electron chi connectivity index (χ3n) is 3.57. The van der Waals surface area contributed by atoms with Crippen molar-refractivity contribution in [2.45, 2.75) is 18.8 Å². The Labute approximate surface area is 131 Å². The first-order chi connectivity index (χ1) is 11.3. The molecule has 0 unspecified atom stereocenters. The van der Waals surface area contributed by atoms with Gasteiger partial charge in [-0.3, -0.25) is 4.79 Å². The Morgan fingerprint density at radius 3 is 2.96 bits per heavy atom. The molecule has 0 atom stereocenters. The highest BCUT2D eigenvalue weighted by atomic mass is 16.1. The van der Waals surface area contributed by atoms with Gasteiger partial charge < -0.3 is 5.32 Å². The third-order valence-corrected chi connectivity index (χ3v) is 3.57. The van der Waals surface area contributed by atoms with Crippen molar-refractivity contribution >= 4 is 11.6 Å². The molecule has 1 amide bonds. The number of hydrogen-bond donors (Lipinski definition) is 1. The third kappa shape index (κ3) is 2.91. The van der Waals surface area contributed by atoms with Gasteiger partial charge in [-0.05, 0) is 47.5 Å². The number of nitrogens with one attached hydrogen (secondary N) is 1. The molecule has 23 heavy (non-hydrogen) atoms. The van der Waals surface area contributed by atoms with Crippen LogP contribution >= 0.6 is 0 Å². The fourth-order valence-electron chi connectivity index (χ4n) is 2.24. The van der Waals surface area contributed by atoms with E-state index in [9.17, 15) is 4.79 Å². The van der Waals surface area contributed by atoms with Gasteiger partial charge in [0.05, 0.1) is 5.69 Å². The molecular weight excluding hydrogens is 294 g/mol. The Kier molecular flexibility index (Phi) is 3.26. The Morgan fingerprint density at radius 1 is 1.26 bits per heavy atom. The number of rotatable bonds is 4. The lowest BCUT2D eigenvalue weighted by Crippen LogP contribution is -2.15. The number of tetrazole rings is 1. The molecule has 1 aliphatic carbocycles. The summed E-state index contributed by atoms with van der Waals surface area (Å²) in [6, 6.07) is 8.88. The molecule has 0 spiro atoms. The summed E-state index contributed by atoms with van der Waals surface area (Å²) in [6.45, 7) is 0. The highest BCUT2D eigenvalue weighted by Crippen LogP contribution is 2.37. The first kappa shape index (κ1) is 13.5. The molecule has 1 N–H and O–H groups in total. The summed E-state index contributed by atoms with van der Waals surface area (Å²) in [5.74, 6) is 0.897. The summed E-state index contributed by atoms with van der Waals surface area (Å²) >= 11 is 0. The SMILES string of the molecule is O=C(Nc1cccc(-n2cnnn2)c1)c1ccnc(C2CC2)n1. The van der Waals surface area contributed by atoms with Crippen LogP contribution in [0.5, 0.6) is 0 Å². The van der Waals surface area contributed by atoms with E-state index in [1.165, 1.54) is 11.0 Å². The van der Waals surface area contributed by atoms with Crippen molar-refractivity contribution in [3.63, 3.8) is 0 Å². The molecule has 0 radical (unpaired) electrons. The van der Waals surface area contributed by atoms with Crippen molar-refractivity contribution in [2.24, 2.45) is 0 Å². The number of amides is 1. The van der Waals surface area contributed by atoms with Gasteiger partial charge in [0, 0.05) is 17.8 Å². The molecule has 114 valence electrons. The zero-order valence-corrected chi connectivity index (χ0v) is 12.1. The van der Waals surface area contributed by atoms with Crippen LogP contribution in [0.25, 0.3) is 5.69 Å². The van der Waals surface area contributed by atoms with Crippen LogP contribution in [-0.2, 0) is 0 Å². The van der Waals surface area contributed by atoms with Crippen molar-refractivity contribution in [3.05, 3.63) is 54.4 Å². The van der Waals surface area contributed by atoms with Crippen LogP contribution in [0.15, 0.2) is 42.9 Å². The van der Waals surface area contributed by atoms with Crippen LogP contribution in [0.2, 0.25) is 0 Å². The predicted molar refractivity (Wildman–Crippen MR) is 81.1 cm³/mol. The largest absolute Gasteiger partial charge is 0.321 e. The van der Waals surface area contributed by atoms with Gasteiger partial charge in [-0.15, -0.1) is 5.10 Å². The maximum Gasteiger partial charge on any atom is 0.274 e. The Hall–Kier alpha value is -3.16. The quantitative estimate of drug-likeness (QED) is 0.785. The van der Waals surface area contributed by atoms with Crippen molar-refractivity contribution in [1.29, 1.82) is 0 Å². The Bertz CT molecular complexity index is 843. The van der Waals surface area contributed by atoms with Gasteiger partial charge in [0.15, 0.2) is 0 Å². The number of nitrogens with zero attached hydrogens (tertiary/aromatic N) is 6. The molecule has 2 heterocycles. The number of hydrogen-bond acceptors (Lipinski definition) is 6. The van der Waals surface area contributed by atoms with Crippen molar-refractivity contribution in [3.8, 4) is 5.69 Å². The zero-order valence-electron chi connectivity index (χ0n) is 12.1. The van der Waals surface area contributed by atoms with Gasteiger partial charge in [0.1, 0.15) is 17.8 Å². The molecule has 1 aromatic carbocycles. The van der Waals surface area contributed by atoms with E-state index in [0.717, 1.165) is 24.4 Å². The van der Waals surface area contributed by atoms with E-state index in [1.807, 2.05) is 12.1 Å². The number of carbonyl (C=O) groups excluding carboxylic acids is 1. The molecule has 0 aliphatic heterocycles. The fraction of sp³-hybridized carbons (Fsp3) is 0.200. The molecule has 1 aliphatic rings. The van der Waals surface area contributed by atoms with Crippen LogP contribution in [-0.4, -0.2) is 36.1 Å². The van der Waals surface area contributed by atoms with Gasteiger partial charge in [-0.2, -0.15) is 0 Å². The topological polar surface area (TPSA) is 98.5 Å². The minimum atomic E-state index is -0.261. The molecule has 0 saturated heterocycles. The average molecular weight is 307 g/mol. The lowest BCUT2D eigenvalue weighted by molar-refractivity contribution is 0.102. The first-order valence-electron chi connectivity index (χ1n) is 7.27. The van der Waals surface area contributed by atoms with E-state index in [1.54, 1.807) is 24.4 Å². The van der Waals surface area contributed by atoms with E-state index in [0.29, 0.717) is 17.3 Å². The Morgan fingerprint density at radius 2 is 2.17 bits per heavy atom. The van der Waals surface area contributed by atoms with Gasteiger partial charge >= 0.3 is 0 Å². The number of carbonyl (C=O) groups is 1. The molecule has 2 aromatic heterocycles. The molecule has 4 rings (SSSR count). The minimum absolute atomic E-state index is 0.261. The molecule has 0 bridgehead atoms. The molecule has 1 saturated carbocycles. The van der Waals surface area contributed by atoms with E-state index in [4.69, 9.17) is 0 Å². The van der Waals surface area contributed by atoms with Crippen molar-refractivity contribution in [1.82, 2.24) is 30.2 Å². The van der Waals surface area contributed by atoms with Crippen LogP contribution in [0, 0.1) is 0 Å². The zero-order chi connectivity index (χ0) is 15.6. The molecular formula is C15H13N7O. The van der Waals surface area contributed by atoms with Crippen LogP contribution in [0.3, 0.4) is 0 Å². The molecule has 3 aromatic rings. The highest BCUT2D eigenvalue weighted by molar-refractivity contribution is 6.02. The lowest BCUT2D eigenvalue weighted by atomic mass is 10.2. The smallest absolute Gasteiger partial charge is 0.274 e. The Balaban J connectivity index is 1.54. The maximum atomic E-state index is 12.4. The lowest BCUT2D eigenvalue weighted by Gasteiger charge is -2.07. The van der Waals surface area contributed by atoms with Crippen LogP contribution in [0.1, 0.15) is 35.1 Å². The summed E-state index contributed by atoms with van der Waals surface area (Å²) in [4.78, 5) is 20.9. The second-order valence-corrected chi connectivity index (χ2v) is 5.33. The standard InChI is InChI=1S/C15H13N7O/c23-15(13-6-7-16-14(19-13)10-4-5-10)18-11-2-1-3-12(8-11)22-9-17-20-21-22/h1-3,6-10H,4-5H2,(H,18,23). The summed E-state index contributed by atoms with van der Waals surface area (Å²) < 4.78 is 1.52. The summed E-state index contributed by atoms with van der Waals surface area (Å²) in [6.07, 6.45) is 5.32. The number of aromatic nitrogens is 6. The van der Waals surface area contributed by atoms with Gasteiger partial charge in [0.25, 0.3) is 5.91 Å². The van der Waals surface area contributed by atoms with Gasteiger partial charge in [0.2, 0.25) is 0 Å². The van der Waals surface area contributed by atoms with E-state index in [2.05, 4.69) is 30.8 Å². The van der Waals surface area contributed by atoms with Crippen molar-refractivity contribution < 1.29 is 4.79 Å². The van der Waals surface area contributed by atoms with E-state index < -0.39 is 0 Å². The summed E-state index contributed by atoms with van der Waals surface area (Å²) in [5, 5.41) is 13.9. The molecule has 8 heteroatoms. The highest BCUT2D eigenvalue weighted by Gasteiger charge is 2.27. The normalized spacial score (nSPS) is 13.7. The molecule has 1 fully saturated rings. The second-order valence-electron chi connectivity index (χ2n) is 5.33. The van der Waals surface area contributed by atoms with Gasteiger partial charge in [-0.1, -0.05) is 6.07 Å². The monoisotopic (exact) mass is 307 g/mol. The fourth-order valence-corrected chi connectivity index (χ4v) is 2.24.